The summed E-state index contributed by atoms with van der Waals surface area (Å²) in [6.45, 7) is 5.41. The molecule has 1 saturated carbocycles. The average molecular weight is 605 g/mol. The summed E-state index contributed by atoms with van der Waals surface area (Å²) in [7, 11) is 0. The fourth-order valence-corrected chi connectivity index (χ4v) is 8.41. The number of phenolic OH excluding ortho intramolecular Hbond substituents is 1. The van der Waals surface area contributed by atoms with Crippen LogP contribution in [0.5, 0.6) is 5.75 Å². The fourth-order valence-electron chi connectivity index (χ4n) is 8.41. The van der Waals surface area contributed by atoms with Crippen LogP contribution in [0.1, 0.15) is 52.7 Å². The van der Waals surface area contributed by atoms with Gasteiger partial charge in [-0.1, -0.05) is 48.0 Å². The predicted molar refractivity (Wildman–Crippen MR) is 165 cm³/mol. The number of nitrogens with zero attached hydrogens (tertiary/aromatic N) is 2. The molecule has 7 rings (SSSR count). The Morgan fingerprint density at radius 2 is 1.49 bits per heavy atom. The Hall–Kier alpha value is -5.05. The maximum Gasteiger partial charge on any atom is 0.335 e. The summed E-state index contributed by atoms with van der Waals surface area (Å²) < 4.78 is 0. The van der Waals surface area contributed by atoms with Crippen molar-refractivity contribution in [2.75, 3.05) is 9.80 Å². The van der Waals surface area contributed by atoms with Crippen molar-refractivity contribution in [3.8, 4) is 5.75 Å². The molecular formula is C36H32N2O7. The van der Waals surface area contributed by atoms with Crippen molar-refractivity contribution in [3.63, 3.8) is 0 Å². The third-order valence-electron chi connectivity index (χ3n) is 10.5. The van der Waals surface area contributed by atoms with E-state index in [-0.39, 0.29) is 41.7 Å². The van der Waals surface area contributed by atoms with Gasteiger partial charge in [-0.05, 0) is 86.6 Å². The molecule has 6 atom stereocenters. The standard InChI is InChI=1S/C36H32N2O7/c1-18-14-21(15-19(2)30(18)39)29-24-12-13-25-28(33(42)37(31(25)40)23-11-7-8-20(16-23)34(43)44)26(24)17-27-32(41)38(35(45)36(27,29)3)22-9-5-4-6-10-22/h4-12,14-16,25-29,39H,13,17H2,1-3H3,(H,43,44)/t25-,26+,27-,28-,29-,36+/m0/s1. The second-order valence-corrected chi connectivity index (χ2v) is 12.9. The van der Waals surface area contributed by atoms with Crippen LogP contribution < -0.4 is 9.80 Å². The van der Waals surface area contributed by atoms with Crippen LogP contribution in [0.3, 0.4) is 0 Å². The van der Waals surface area contributed by atoms with Crippen molar-refractivity contribution in [2.24, 2.45) is 29.1 Å². The van der Waals surface area contributed by atoms with E-state index in [2.05, 4.69) is 0 Å². The van der Waals surface area contributed by atoms with Gasteiger partial charge in [0.15, 0.2) is 0 Å². The van der Waals surface area contributed by atoms with Crippen LogP contribution in [0, 0.1) is 42.9 Å². The smallest absolute Gasteiger partial charge is 0.335 e. The second kappa shape index (κ2) is 9.99. The maximum atomic E-state index is 14.5. The van der Waals surface area contributed by atoms with Gasteiger partial charge in [0.05, 0.1) is 40.1 Å². The molecule has 228 valence electrons. The van der Waals surface area contributed by atoms with E-state index < -0.39 is 52.8 Å². The maximum absolute atomic E-state index is 14.5. The van der Waals surface area contributed by atoms with Gasteiger partial charge in [0.25, 0.3) is 0 Å². The lowest BCUT2D eigenvalue weighted by Crippen LogP contribution is -2.49. The van der Waals surface area contributed by atoms with Gasteiger partial charge in [0.2, 0.25) is 23.6 Å². The average Bonchev–Trinajstić information content (AvgIpc) is 3.39. The lowest BCUT2D eigenvalue weighted by Gasteiger charge is -2.49. The van der Waals surface area contributed by atoms with Crippen LogP contribution >= 0.6 is 0 Å². The molecule has 0 spiro atoms. The third-order valence-corrected chi connectivity index (χ3v) is 10.5. The number of aromatic carboxylic acids is 1. The molecule has 2 aliphatic carbocycles. The minimum Gasteiger partial charge on any atom is -0.507 e. The Kier molecular flexibility index (Phi) is 6.37. The van der Waals surface area contributed by atoms with E-state index in [1.807, 2.05) is 31.2 Å². The molecule has 0 radical (unpaired) electrons. The van der Waals surface area contributed by atoms with E-state index in [1.165, 1.54) is 23.1 Å². The lowest BCUT2D eigenvalue weighted by atomic mass is 9.51. The Morgan fingerprint density at radius 1 is 0.822 bits per heavy atom. The van der Waals surface area contributed by atoms with Crippen LogP contribution in [0.25, 0.3) is 0 Å². The number of aryl methyl sites for hydroxylation is 2. The number of hydrogen-bond acceptors (Lipinski definition) is 6. The molecule has 0 aromatic heterocycles. The first-order valence-electron chi connectivity index (χ1n) is 15.1. The molecular weight excluding hydrogens is 572 g/mol. The summed E-state index contributed by atoms with van der Waals surface area (Å²) in [4.78, 5) is 70.8. The van der Waals surface area contributed by atoms with E-state index in [0.29, 0.717) is 16.8 Å². The number of benzene rings is 3. The molecule has 2 saturated heterocycles. The molecule has 3 fully saturated rings. The zero-order valence-electron chi connectivity index (χ0n) is 25.1. The summed E-state index contributed by atoms with van der Waals surface area (Å²) in [5.74, 6) is -5.80. The molecule has 4 aliphatic rings. The van der Waals surface area contributed by atoms with Gasteiger partial charge in [-0.25, -0.2) is 9.69 Å². The van der Waals surface area contributed by atoms with Crippen molar-refractivity contribution in [3.05, 3.63) is 101 Å². The van der Waals surface area contributed by atoms with Gasteiger partial charge in [-0.2, -0.15) is 0 Å². The van der Waals surface area contributed by atoms with Crippen LogP contribution in [0.15, 0.2) is 78.4 Å². The number of carbonyl (C=O) groups is 5. The first kappa shape index (κ1) is 28.7. The third kappa shape index (κ3) is 3.96. The molecule has 0 unspecified atom stereocenters. The number of aromatic hydroxyl groups is 1. The van der Waals surface area contributed by atoms with Crippen LogP contribution in [0.4, 0.5) is 11.4 Å². The van der Waals surface area contributed by atoms with Crippen molar-refractivity contribution in [1.82, 2.24) is 0 Å². The quantitative estimate of drug-likeness (QED) is 0.311. The van der Waals surface area contributed by atoms with Crippen LogP contribution in [-0.4, -0.2) is 39.8 Å². The summed E-state index contributed by atoms with van der Waals surface area (Å²) in [6, 6.07) is 18.3. The minimum absolute atomic E-state index is 0.0376. The van der Waals surface area contributed by atoms with Crippen molar-refractivity contribution in [1.29, 1.82) is 0 Å². The van der Waals surface area contributed by atoms with E-state index in [1.54, 1.807) is 44.2 Å². The molecule has 2 aliphatic heterocycles. The van der Waals surface area contributed by atoms with Gasteiger partial charge >= 0.3 is 5.97 Å². The minimum atomic E-state index is -1.18. The number of anilines is 2. The summed E-state index contributed by atoms with van der Waals surface area (Å²) in [6.07, 6.45) is 2.46. The lowest BCUT2D eigenvalue weighted by molar-refractivity contribution is -0.131. The number of para-hydroxylation sites is 1. The number of rotatable bonds is 4. The topological polar surface area (TPSA) is 132 Å². The van der Waals surface area contributed by atoms with E-state index in [9.17, 15) is 34.2 Å². The van der Waals surface area contributed by atoms with Gasteiger partial charge in [-0.15, -0.1) is 0 Å². The molecule has 45 heavy (non-hydrogen) atoms. The SMILES string of the molecule is Cc1cc([C@H]2C3=CC[C@@H]4C(=O)N(c5cccc(C(=O)O)c5)C(=O)[C@@H]4[C@@H]3C[C@H]3C(=O)N(c4ccccc4)C(=O)[C@@]23C)cc(C)c1O. The van der Waals surface area contributed by atoms with Gasteiger partial charge in [-0.3, -0.25) is 24.1 Å². The summed E-state index contributed by atoms with van der Waals surface area (Å²) in [5, 5.41) is 20.1. The molecule has 3 aromatic carbocycles. The first-order chi connectivity index (χ1) is 21.4. The highest BCUT2D eigenvalue weighted by Crippen LogP contribution is 2.64. The number of allylic oxidation sites excluding steroid dienone is 2. The number of carbonyl (C=O) groups excluding carboxylic acids is 4. The zero-order chi connectivity index (χ0) is 31.9. The molecule has 2 heterocycles. The normalized spacial score (nSPS) is 29.0. The number of imide groups is 2. The van der Waals surface area contributed by atoms with Crippen molar-refractivity contribution >= 4 is 41.0 Å². The monoisotopic (exact) mass is 604 g/mol. The van der Waals surface area contributed by atoms with Crippen LogP contribution in [0.2, 0.25) is 0 Å². The Bertz CT molecular complexity index is 1840. The van der Waals surface area contributed by atoms with Crippen molar-refractivity contribution < 1.29 is 34.2 Å². The summed E-state index contributed by atoms with van der Waals surface area (Å²) >= 11 is 0. The highest BCUT2D eigenvalue weighted by Gasteiger charge is 2.67. The number of amides is 4. The second-order valence-electron chi connectivity index (χ2n) is 12.9. The Morgan fingerprint density at radius 3 is 2.16 bits per heavy atom. The number of phenols is 1. The molecule has 2 N–H and O–H groups in total. The largest absolute Gasteiger partial charge is 0.507 e. The predicted octanol–water partition coefficient (Wildman–Crippen LogP) is 5.14. The van der Waals surface area contributed by atoms with E-state index in [0.717, 1.165) is 16.0 Å². The van der Waals surface area contributed by atoms with Gasteiger partial charge < -0.3 is 10.2 Å². The van der Waals surface area contributed by atoms with E-state index >= 15 is 0 Å². The number of fused-ring (bicyclic) bond motifs is 4. The van der Waals surface area contributed by atoms with Gasteiger partial charge in [0, 0.05) is 5.92 Å². The molecule has 9 nitrogen and oxygen atoms in total. The van der Waals surface area contributed by atoms with Gasteiger partial charge in [0.1, 0.15) is 5.75 Å². The van der Waals surface area contributed by atoms with Crippen LogP contribution in [-0.2, 0) is 19.2 Å². The highest BCUT2D eigenvalue weighted by atomic mass is 16.4. The Balaban J connectivity index is 1.37. The van der Waals surface area contributed by atoms with E-state index in [4.69, 9.17) is 0 Å². The molecule has 0 bridgehead atoms. The number of carboxylic acid groups (broad SMARTS) is 1. The fraction of sp³-hybridized carbons (Fsp3) is 0.306. The highest BCUT2D eigenvalue weighted by molar-refractivity contribution is 6.25. The number of carboxylic acids is 1. The summed E-state index contributed by atoms with van der Waals surface area (Å²) in [5.41, 5.74) is 2.34. The van der Waals surface area contributed by atoms with Crippen molar-refractivity contribution in [2.45, 2.75) is 39.5 Å². The Labute approximate surface area is 259 Å². The number of hydrogen-bond donors (Lipinski definition) is 2. The first-order valence-corrected chi connectivity index (χ1v) is 15.1. The zero-order valence-corrected chi connectivity index (χ0v) is 25.1. The molecule has 4 amide bonds. The molecule has 3 aromatic rings. The molecule has 9 heteroatoms.